The third-order valence-corrected chi connectivity index (χ3v) is 5.98. The van der Waals surface area contributed by atoms with Gasteiger partial charge in [0.2, 0.25) is 10.0 Å². The van der Waals surface area contributed by atoms with Crippen molar-refractivity contribution in [2.45, 2.75) is 18.0 Å². The summed E-state index contributed by atoms with van der Waals surface area (Å²) >= 11 is 6.38. The molecular weight excluding hydrogens is 412 g/mol. The van der Waals surface area contributed by atoms with Crippen LogP contribution in [0.3, 0.4) is 0 Å². The Bertz CT molecular complexity index is 1190. The van der Waals surface area contributed by atoms with Crippen molar-refractivity contribution in [3.63, 3.8) is 0 Å². The lowest BCUT2D eigenvalue weighted by Gasteiger charge is -2.28. The van der Waals surface area contributed by atoms with E-state index in [0.717, 1.165) is 5.56 Å². The van der Waals surface area contributed by atoms with Gasteiger partial charge in [0, 0.05) is 21.7 Å². The van der Waals surface area contributed by atoms with Crippen LogP contribution >= 0.6 is 11.6 Å². The zero-order valence-electron chi connectivity index (χ0n) is 15.2. The van der Waals surface area contributed by atoms with Crippen LogP contribution in [0.5, 0.6) is 11.5 Å². The van der Waals surface area contributed by atoms with Gasteiger partial charge in [0.15, 0.2) is 0 Å². The number of carbonyl (C=O) groups is 1. The van der Waals surface area contributed by atoms with E-state index in [1.54, 1.807) is 17.0 Å². The minimum atomic E-state index is -3.83. The van der Waals surface area contributed by atoms with Crippen molar-refractivity contribution in [3.8, 4) is 11.5 Å². The number of ether oxygens (including phenoxy) is 1. The first-order chi connectivity index (χ1) is 13.8. The fourth-order valence-electron chi connectivity index (χ4n) is 3.21. The average molecular weight is 429 g/mol. The Morgan fingerprint density at radius 3 is 2.34 bits per heavy atom. The summed E-state index contributed by atoms with van der Waals surface area (Å²) in [6.45, 7) is 0.565. The minimum Gasteiger partial charge on any atom is -0.457 e. The van der Waals surface area contributed by atoms with Gasteiger partial charge in [-0.25, -0.2) is 13.6 Å². The van der Waals surface area contributed by atoms with Crippen LogP contribution in [0.15, 0.2) is 71.6 Å². The number of para-hydroxylation sites is 1. The number of hydrogen-bond donors (Lipinski definition) is 1. The summed E-state index contributed by atoms with van der Waals surface area (Å²) in [5.74, 6) is 0.985. The first-order valence-electron chi connectivity index (χ1n) is 8.78. The summed E-state index contributed by atoms with van der Waals surface area (Å²) in [4.78, 5) is 14.8. The van der Waals surface area contributed by atoms with Crippen molar-refractivity contribution in [2.75, 3.05) is 0 Å². The van der Waals surface area contributed by atoms with Gasteiger partial charge < -0.3 is 9.64 Å². The second kappa shape index (κ2) is 7.51. The van der Waals surface area contributed by atoms with E-state index >= 15 is 0 Å². The molecule has 6 nitrogen and oxygen atoms in total. The lowest BCUT2D eigenvalue weighted by molar-refractivity contribution is 0.0725. The van der Waals surface area contributed by atoms with Crippen LogP contribution < -0.4 is 9.88 Å². The molecule has 0 saturated heterocycles. The molecule has 1 aliphatic heterocycles. The Labute approximate surface area is 173 Å². The number of nitrogens with zero attached hydrogens (tertiary/aromatic N) is 1. The quantitative estimate of drug-likeness (QED) is 0.669. The van der Waals surface area contributed by atoms with Crippen LogP contribution in [0.4, 0.5) is 0 Å². The molecule has 0 atom stereocenters. The van der Waals surface area contributed by atoms with E-state index in [1.165, 1.54) is 24.3 Å². The lowest BCUT2D eigenvalue weighted by Crippen LogP contribution is -2.31. The molecule has 29 heavy (non-hydrogen) atoms. The van der Waals surface area contributed by atoms with E-state index in [1.807, 2.05) is 30.3 Å². The Morgan fingerprint density at radius 2 is 1.62 bits per heavy atom. The van der Waals surface area contributed by atoms with Gasteiger partial charge in [0.05, 0.1) is 18.0 Å². The SMILES string of the molecule is NS(=O)(=O)c1ccc(C(=O)N2Cc3ccccc3Oc3cccc(Cl)c3C2)cc1. The van der Waals surface area contributed by atoms with E-state index in [-0.39, 0.29) is 17.3 Å². The first-order valence-corrected chi connectivity index (χ1v) is 10.7. The highest BCUT2D eigenvalue weighted by molar-refractivity contribution is 7.89. The van der Waals surface area contributed by atoms with E-state index in [9.17, 15) is 13.2 Å². The molecule has 0 unspecified atom stereocenters. The highest BCUT2D eigenvalue weighted by Gasteiger charge is 2.24. The molecule has 0 fully saturated rings. The Hall–Kier alpha value is -2.87. The number of amides is 1. The molecule has 1 aliphatic rings. The monoisotopic (exact) mass is 428 g/mol. The van der Waals surface area contributed by atoms with Gasteiger partial charge in [-0.05, 0) is 42.5 Å². The summed E-state index contributed by atoms with van der Waals surface area (Å²) < 4.78 is 29.0. The van der Waals surface area contributed by atoms with Gasteiger partial charge in [0.1, 0.15) is 11.5 Å². The number of benzene rings is 3. The molecule has 3 aromatic carbocycles. The van der Waals surface area contributed by atoms with E-state index in [0.29, 0.717) is 34.2 Å². The van der Waals surface area contributed by atoms with E-state index < -0.39 is 10.0 Å². The number of hydrogen-bond acceptors (Lipinski definition) is 4. The number of rotatable bonds is 2. The van der Waals surface area contributed by atoms with Gasteiger partial charge in [-0.15, -0.1) is 0 Å². The van der Waals surface area contributed by atoms with Gasteiger partial charge in [-0.1, -0.05) is 35.9 Å². The van der Waals surface area contributed by atoms with Gasteiger partial charge in [0.25, 0.3) is 5.91 Å². The van der Waals surface area contributed by atoms with Crippen molar-refractivity contribution in [1.29, 1.82) is 0 Å². The maximum Gasteiger partial charge on any atom is 0.254 e. The molecular formula is C21H17ClN2O4S. The number of fused-ring (bicyclic) bond motifs is 2. The standard InChI is InChI=1S/C21H17ClN2O4S/c22-18-5-3-7-20-17(18)13-24(12-15-4-1-2-6-19(15)28-20)21(25)14-8-10-16(11-9-14)29(23,26)27/h1-11H,12-13H2,(H2,23,26,27). The van der Waals surface area contributed by atoms with E-state index in [2.05, 4.69) is 0 Å². The minimum absolute atomic E-state index is 0.0474. The maximum atomic E-state index is 13.2. The van der Waals surface area contributed by atoms with Gasteiger partial charge in [-0.2, -0.15) is 0 Å². The Balaban J connectivity index is 1.75. The molecule has 4 rings (SSSR count). The Kier molecular flexibility index (Phi) is 5.04. The number of primary sulfonamides is 1. The first kappa shape index (κ1) is 19.4. The summed E-state index contributed by atoms with van der Waals surface area (Å²) in [5.41, 5.74) is 1.91. The zero-order chi connectivity index (χ0) is 20.6. The molecule has 0 bridgehead atoms. The van der Waals surface area contributed by atoms with Crippen LogP contribution in [0.25, 0.3) is 0 Å². The molecule has 1 heterocycles. The number of sulfonamides is 1. The van der Waals surface area contributed by atoms with Crippen LogP contribution in [0.1, 0.15) is 21.5 Å². The average Bonchev–Trinajstić information content (AvgIpc) is 2.68. The smallest absolute Gasteiger partial charge is 0.254 e. The highest BCUT2D eigenvalue weighted by atomic mass is 35.5. The maximum absolute atomic E-state index is 13.2. The van der Waals surface area contributed by atoms with Crippen molar-refractivity contribution in [3.05, 3.63) is 88.4 Å². The van der Waals surface area contributed by atoms with Gasteiger partial charge in [-0.3, -0.25) is 4.79 Å². The lowest BCUT2D eigenvalue weighted by atomic mass is 10.1. The molecule has 3 aromatic rings. The number of carbonyl (C=O) groups excluding carboxylic acids is 1. The van der Waals surface area contributed by atoms with Crippen LogP contribution in [0, 0.1) is 0 Å². The highest BCUT2D eigenvalue weighted by Crippen LogP contribution is 2.36. The summed E-state index contributed by atoms with van der Waals surface area (Å²) in [6, 6.07) is 18.4. The summed E-state index contributed by atoms with van der Waals surface area (Å²) in [6.07, 6.45) is 0. The number of nitrogens with two attached hydrogens (primary N) is 1. The third-order valence-electron chi connectivity index (χ3n) is 4.70. The van der Waals surface area contributed by atoms with Crippen molar-refractivity contribution >= 4 is 27.5 Å². The van der Waals surface area contributed by atoms with Crippen LogP contribution in [-0.4, -0.2) is 19.2 Å². The molecule has 0 saturated carbocycles. The zero-order valence-corrected chi connectivity index (χ0v) is 16.8. The second-order valence-corrected chi connectivity index (χ2v) is 8.63. The molecule has 2 N–H and O–H groups in total. The van der Waals surface area contributed by atoms with Gasteiger partial charge >= 0.3 is 0 Å². The van der Waals surface area contributed by atoms with Crippen molar-refractivity contribution in [2.24, 2.45) is 5.14 Å². The van der Waals surface area contributed by atoms with Crippen LogP contribution in [-0.2, 0) is 23.1 Å². The molecule has 0 aromatic heterocycles. The largest absolute Gasteiger partial charge is 0.457 e. The topological polar surface area (TPSA) is 89.7 Å². The summed E-state index contributed by atoms with van der Waals surface area (Å²) in [5, 5.41) is 5.64. The predicted octanol–water partition coefficient (Wildman–Crippen LogP) is 3.94. The Morgan fingerprint density at radius 1 is 0.931 bits per heavy atom. The molecule has 0 spiro atoms. The molecule has 0 radical (unpaired) electrons. The molecule has 8 heteroatoms. The van der Waals surface area contributed by atoms with Crippen LogP contribution in [0.2, 0.25) is 5.02 Å². The molecule has 0 aliphatic carbocycles. The fraction of sp³-hybridized carbons (Fsp3) is 0.0952. The van der Waals surface area contributed by atoms with Crippen molar-refractivity contribution < 1.29 is 17.9 Å². The van der Waals surface area contributed by atoms with E-state index in [4.69, 9.17) is 21.5 Å². The fourth-order valence-corrected chi connectivity index (χ4v) is 3.95. The number of halogens is 1. The second-order valence-electron chi connectivity index (χ2n) is 6.66. The predicted molar refractivity (Wildman–Crippen MR) is 109 cm³/mol. The summed E-state index contributed by atoms with van der Waals surface area (Å²) in [7, 11) is -3.83. The third kappa shape index (κ3) is 3.98. The molecule has 1 amide bonds. The normalized spacial score (nSPS) is 13.5. The molecule has 148 valence electrons. The van der Waals surface area contributed by atoms with Crippen molar-refractivity contribution in [1.82, 2.24) is 4.90 Å².